The van der Waals surface area contributed by atoms with Crippen molar-refractivity contribution < 1.29 is 18.7 Å². The van der Waals surface area contributed by atoms with E-state index in [9.17, 15) is 9.18 Å². The third kappa shape index (κ3) is 4.18. The molecule has 7 rings (SSSR count). The van der Waals surface area contributed by atoms with Gasteiger partial charge >= 0.3 is 5.97 Å². The number of ether oxygens (including phenoxy) is 2. The molecule has 4 aliphatic rings. The second-order valence-electron chi connectivity index (χ2n) is 13.0. The van der Waals surface area contributed by atoms with Gasteiger partial charge in [-0.2, -0.15) is 0 Å². The fraction of sp³-hybridized carbons (Fsp3) is 0.417. The van der Waals surface area contributed by atoms with Gasteiger partial charge in [0.15, 0.2) is 16.8 Å². The number of carbonyl (C=O) groups excluding carboxylic acids is 1. The molecule has 3 nitrogen and oxygen atoms in total. The van der Waals surface area contributed by atoms with Crippen LogP contribution in [-0.2, 0) is 21.3 Å². The highest BCUT2D eigenvalue weighted by Gasteiger charge is 2.81. The minimum absolute atomic E-state index is 0.0505. The first-order valence-electron chi connectivity index (χ1n) is 14.9. The molecule has 4 aliphatic carbocycles. The van der Waals surface area contributed by atoms with Gasteiger partial charge in [-0.05, 0) is 123 Å². The largest absolute Gasteiger partial charge is 0.481 e. The van der Waals surface area contributed by atoms with Gasteiger partial charge < -0.3 is 9.47 Å². The Bertz CT molecular complexity index is 1490. The van der Waals surface area contributed by atoms with Crippen molar-refractivity contribution in [2.45, 2.75) is 62.2 Å². The fourth-order valence-electron chi connectivity index (χ4n) is 9.08. The van der Waals surface area contributed by atoms with Gasteiger partial charge in [-0.1, -0.05) is 36.9 Å². The lowest BCUT2D eigenvalue weighted by Crippen LogP contribution is -2.66. The van der Waals surface area contributed by atoms with Crippen LogP contribution < -0.4 is 4.74 Å². The van der Waals surface area contributed by atoms with Crippen molar-refractivity contribution in [1.29, 1.82) is 0 Å². The van der Waals surface area contributed by atoms with E-state index in [0.29, 0.717) is 17.3 Å². The van der Waals surface area contributed by atoms with E-state index in [-0.39, 0.29) is 29.2 Å². The van der Waals surface area contributed by atoms with E-state index in [2.05, 4.69) is 49.9 Å². The summed E-state index contributed by atoms with van der Waals surface area (Å²) in [7, 11) is 0. The summed E-state index contributed by atoms with van der Waals surface area (Å²) < 4.78 is 26.0. The molecule has 0 radical (unpaired) electrons. The topological polar surface area (TPSA) is 35.5 Å². The molecular formula is C36H38FO3S+. The number of fused-ring (bicyclic) bond motifs is 1. The Labute approximate surface area is 246 Å². The summed E-state index contributed by atoms with van der Waals surface area (Å²) in [5.74, 6) is 3.07. The number of hydrogen-bond acceptors (Lipinski definition) is 3. The molecule has 0 saturated heterocycles. The van der Waals surface area contributed by atoms with Gasteiger partial charge in [0.2, 0.25) is 0 Å². The van der Waals surface area contributed by atoms with Crippen molar-refractivity contribution in [2.24, 2.45) is 29.1 Å². The molecule has 3 aromatic carbocycles. The lowest BCUT2D eigenvalue weighted by molar-refractivity contribution is -0.246. The predicted molar refractivity (Wildman–Crippen MR) is 163 cm³/mol. The Balaban J connectivity index is 1.08. The van der Waals surface area contributed by atoms with Crippen LogP contribution in [0.4, 0.5) is 4.39 Å². The van der Waals surface area contributed by atoms with E-state index in [1.807, 2.05) is 32.1 Å². The maximum atomic E-state index is 13.6. The minimum atomic E-state index is -0.324. The summed E-state index contributed by atoms with van der Waals surface area (Å²) in [6, 6.07) is 19.4. The van der Waals surface area contributed by atoms with Crippen LogP contribution in [0.5, 0.6) is 5.75 Å². The van der Waals surface area contributed by atoms with Crippen molar-refractivity contribution in [1.82, 2.24) is 0 Å². The number of hydrogen-bond donors (Lipinski definition) is 0. The SMILES string of the molecule is C=Cc1ccc(C([SH+]c2ccc(F)cc2)c2cc(C)c(OCC(=O)OC3(C)C4CC5CC6CC3[C@@]56C4)c(C)c2)cc1. The number of esters is 1. The first kappa shape index (κ1) is 26.8. The van der Waals surface area contributed by atoms with E-state index >= 15 is 0 Å². The zero-order valence-corrected chi connectivity index (χ0v) is 24.9. The zero-order valence-electron chi connectivity index (χ0n) is 24.0. The number of halogens is 1. The Morgan fingerprint density at radius 2 is 1.66 bits per heavy atom. The lowest BCUT2D eigenvalue weighted by Gasteiger charge is -2.69. The van der Waals surface area contributed by atoms with Crippen molar-refractivity contribution >= 4 is 23.8 Å². The van der Waals surface area contributed by atoms with Crippen molar-refractivity contribution in [3.05, 3.63) is 101 Å². The maximum Gasteiger partial charge on any atom is 0.344 e. The molecule has 0 N–H and O–H groups in total. The van der Waals surface area contributed by atoms with Crippen molar-refractivity contribution in [2.75, 3.05) is 6.61 Å². The molecule has 212 valence electrons. The first-order chi connectivity index (χ1) is 19.7. The first-order valence-corrected chi connectivity index (χ1v) is 15.8. The molecular weight excluding hydrogens is 531 g/mol. The Morgan fingerprint density at radius 1 is 1.00 bits per heavy atom. The van der Waals surface area contributed by atoms with Crippen LogP contribution >= 0.6 is 0 Å². The quantitative estimate of drug-likeness (QED) is 0.150. The molecule has 0 aromatic heterocycles. The molecule has 1 spiro atoms. The van der Waals surface area contributed by atoms with Gasteiger partial charge in [-0.25, -0.2) is 9.18 Å². The third-order valence-electron chi connectivity index (χ3n) is 11.0. The second-order valence-corrected chi connectivity index (χ2v) is 14.3. The van der Waals surface area contributed by atoms with E-state index in [0.717, 1.165) is 56.5 Å². The van der Waals surface area contributed by atoms with Gasteiger partial charge in [0.25, 0.3) is 0 Å². The van der Waals surface area contributed by atoms with Crippen LogP contribution in [0.25, 0.3) is 6.08 Å². The third-order valence-corrected chi connectivity index (χ3v) is 12.4. The minimum Gasteiger partial charge on any atom is -0.481 e. The second kappa shape index (κ2) is 9.76. The number of aryl methyl sites for hydroxylation is 2. The Morgan fingerprint density at radius 3 is 2.29 bits per heavy atom. The molecule has 6 unspecified atom stereocenters. The van der Waals surface area contributed by atoms with Crippen molar-refractivity contribution in [3.8, 4) is 5.75 Å². The lowest BCUT2D eigenvalue weighted by atomic mass is 9.36. The predicted octanol–water partition coefficient (Wildman–Crippen LogP) is 7.80. The number of rotatable bonds is 9. The van der Waals surface area contributed by atoms with Crippen LogP contribution in [0.2, 0.25) is 0 Å². The molecule has 0 aliphatic heterocycles. The molecule has 41 heavy (non-hydrogen) atoms. The van der Waals surface area contributed by atoms with E-state index in [4.69, 9.17) is 9.47 Å². The number of benzene rings is 3. The average Bonchev–Trinajstić information content (AvgIpc) is 3.42. The van der Waals surface area contributed by atoms with Crippen molar-refractivity contribution in [3.63, 3.8) is 0 Å². The van der Waals surface area contributed by atoms with Gasteiger partial charge in [0.1, 0.15) is 17.2 Å². The molecule has 0 amide bonds. The maximum absolute atomic E-state index is 13.6. The highest BCUT2D eigenvalue weighted by Crippen LogP contribution is 2.84. The average molecular weight is 570 g/mol. The van der Waals surface area contributed by atoms with Gasteiger partial charge in [0.05, 0.1) is 0 Å². The molecule has 0 heterocycles. The molecule has 4 fully saturated rings. The summed E-state index contributed by atoms with van der Waals surface area (Å²) >= 11 is 1.05. The molecule has 4 saturated carbocycles. The highest BCUT2D eigenvalue weighted by molar-refractivity contribution is 7.79. The van der Waals surface area contributed by atoms with E-state index < -0.39 is 0 Å². The molecule has 3 aromatic rings. The van der Waals surface area contributed by atoms with E-state index in [1.54, 1.807) is 0 Å². The summed E-state index contributed by atoms with van der Waals surface area (Å²) in [6.45, 7) is 10.1. The number of carbonyl (C=O) groups is 1. The highest BCUT2D eigenvalue weighted by atomic mass is 32.2. The monoisotopic (exact) mass is 569 g/mol. The summed E-state index contributed by atoms with van der Waals surface area (Å²) in [4.78, 5) is 14.1. The summed E-state index contributed by atoms with van der Waals surface area (Å²) in [6.07, 6.45) is 6.95. The van der Waals surface area contributed by atoms with Crippen LogP contribution in [0, 0.1) is 48.8 Å². The van der Waals surface area contributed by atoms with Crippen LogP contribution in [0.15, 0.2) is 72.1 Å². The zero-order chi connectivity index (χ0) is 28.5. The molecule has 2 bridgehead atoms. The van der Waals surface area contributed by atoms with Gasteiger partial charge in [-0.15, -0.1) is 0 Å². The smallest absolute Gasteiger partial charge is 0.344 e. The Hall–Kier alpha value is -3.05. The van der Waals surface area contributed by atoms with E-state index in [1.165, 1.54) is 43.4 Å². The van der Waals surface area contributed by atoms with Gasteiger partial charge in [0, 0.05) is 28.8 Å². The Kier molecular flexibility index (Phi) is 6.39. The number of thiol groups is 1. The summed E-state index contributed by atoms with van der Waals surface area (Å²) in [5, 5.41) is 0.0505. The van der Waals surface area contributed by atoms with Crippen LogP contribution in [0.1, 0.15) is 65.7 Å². The molecule has 5 heteroatoms. The molecule has 7 atom stereocenters. The standard InChI is InChI=1S/C36H37FO3S/c1-5-23-6-8-24(9-7-23)34(41-30-12-10-29(37)11-13-30)25-14-21(2)33(22(3)15-25)39-20-32(38)40-35(4)28-17-26-16-27-18-31(35)36(26,27)19-28/h5-15,26-28,31,34H,1,16-20H2,2-4H3/p+1/t26?,27?,28?,31?,34?,35?,36-/m0/s1. The van der Waals surface area contributed by atoms with Crippen LogP contribution in [-0.4, -0.2) is 18.2 Å². The van der Waals surface area contributed by atoms with Gasteiger partial charge in [-0.3, -0.25) is 0 Å². The fourth-order valence-corrected chi connectivity index (χ4v) is 10.3. The normalized spacial score (nSPS) is 31.0. The van der Waals surface area contributed by atoms with Crippen LogP contribution in [0.3, 0.4) is 0 Å². The summed E-state index contributed by atoms with van der Waals surface area (Å²) in [5.41, 5.74) is 5.53.